The van der Waals surface area contributed by atoms with Gasteiger partial charge >= 0.3 is 5.97 Å². The molecule has 29 heavy (non-hydrogen) atoms. The summed E-state index contributed by atoms with van der Waals surface area (Å²) in [5.41, 5.74) is 2.74. The van der Waals surface area contributed by atoms with Crippen molar-refractivity contribution in [3.05, 3.63) is 59.7 Å². The maximum absolute atomic E-state index is 12.6. The van der Waals surface area contributed by atoms with Gasteiger partial charge < -0.3 is 14.5 Å². The standard InChI is InChI=1S/C22H24N2O4S/c1-14(2)12-23-20(25)15(3)27-21(26)17-9-5-4-8-16(17)13-29-22-24-18-10-6-7-11-19(18)28-22/h4-11,14-15H,12-13H2,1-3H3,(H,23,25)/t15-/m0/s1. The molecule has 1 heterocycles. The third kappa shape index (κ3) is 5.60. The predicted octanol–water partition coefficient (Wildman–Crippen LogP) is 4.44. The van der Waals surface area contributed by atoms with E-state index >= 15 is 0 Å². The van der Waals surface area contributed by atoms with Crippen molar-refractivity contribution in [1.82, 2.24) is 10.3 Å². The van der Waals surface area contributed by atoms with Crippen molar-refractivity contribution in [2.75, 3.05) is 6.54 Å². The van der Waals surface area contributed by atoms with E-state index in [0.29, 0.717) is 29.0 Å². The normalized spacial score (nSPS) is 12.1. The Morgan fingerprint density at radius 2 is 1.83 bits per heavy atom. The number of oxazole rings is 1. The molecule has 1 aromatic heterocycles. The zero-order valence-electron chi connectivity index (χ0n) is 16.7. The first-order chi connectivity index (χ1) is 13.9. The lowest BCUT2D eigenvalue weighted by Crippen LogP contribution is -2.37. The summed E-state index contributed by atoms with van der Waals surface area (Å²) in [7, 11) is 0. The number of rotatable bonds is 8. The molecule has 0 unspecified atom stereocenters. The summed E-state index contributed by atoms with van der Waals surface area (Å²) in [6, 6.07) is 14.7. The lowest BCUT2D eigenvalue weighted by Gasteiger charge is -2.15. The number of esters is 1. The van der Waals surface area contributed by atoms with E-state index in [1.165, 1.54) is 11.8 Å². The highest BCUT2D eigenvalue weighted by molar-refractivity contribution is 7.98. The Kier molecular flexibility index (Phi) is 6.93. The van der Waals surface area contributed by atoms with E-state index in [2.05, 4.69) is 10.3 Å². The first-order valence-electron chi connectivity index (χ1n) is 9.49. The molecule has 152 valence electrons. The smallest absolute Gasteiger partial charge is 0.339 e. The molecule has 0 saturated carbocycles. The fourth-order valence-corrected chi connectivity index (χ4v) is 3.47. The fraction of sp³-hybridized carbons (Fsp3) is 0.318. The van der Waals surface area contributed by atoms with Gasteiger partial charge in [-0.05, 0) is 36.6 Å². The predicted molar refractivity (Wildman–Crippen MR) is 113 cm³/mol. The number of nitrogens with one attached hydrogen (secondary N) is 1. The number of ether oxygens (including phenoxy) is 1. The van der Waals surface area contributed by atoms with Crippen molar-refractivity contribution in [3.63, 3.8) is 0 Å². The van der Waals surface area contributed by atoms with Gasteiger partial charge in [0.05, 0.1) is 5.56 Å². The Bertz CT molecular complexity index is 966. The van der Waals surface area contributed by atoms with E-state index in [4.69, 9.17) is 9.15 Å². The number of para-hydroxylation sites is 2. The molecule has 0 radical (unpaired) electrons. The van der Waals surface area contributed by atoms with E-state index in [1.807, 2.05) is 50.2 Å². The molecule has 0 saturated heterocycles. The Morgan fingerprint density at radius 1 is 1.10 bits per heavy atom. The van der Waals surface area contributed by atoms with E-state index in [1.54, 1.807) is 19.1 Å². The number of amides is 1. The lowest BCUT2D eigenvalue weighted by molar-refractivity contribution is -0.129. The van der Waals surface area contributed by atoms with E-state index in [9.17, 15) is 9.59 Å². The summed E-state index contributed by atoms with van der Waals surface area (Å²) in [5.74, 6) is -0.00532. The van der Waals surface area contributed by atoms with Crippen LogP contribution in [0.3, 0.4) is 0 Å². The average molecular weight is 413 g/mol. The minimum absolute atomic E-state index is 0.301. The van der Waals surface area contributed by atoms with Crippen LogP contribution in [0.1, 0.15) is 36.7 Å². The van der Waals surface area contributed by atoms with Gasteiger partial charge in [0, 0.05) is 12.3 Å². The Morgan fingerprint density at radius 3 is 2.59 bits per heavy atom. The van der Waals surface area contributed by atoms with E-state index in [0.717, 1.165) is 16.7 Å². The van der Waals surface area contributed by atoms with E-state index in [-0.39, 0.29) is 5.91 Å². The highest BCUT2D eigenvalue weighted by atomic mass is 32.2. The molecule has 3 aromatic rings. The van der Waals surface area contributed by atoms with Gasteiger partial charge in [0.1, 0.15) is 5.52 Å². The molecule has 1 atom stereocenters. The average Bonchev–Trinajstić information content (AvgIpc) is 3.13. The number of benzene rings is 2. The SMILES string of the molecule is CC(C)CNC(=O)[C@H](C)OC(=O)c1ccccc1CSc1nc2ccccc2o1. The minimum Gasteiger partial charge on any atom is -0.449 e. The van der Waals surface area contributed by atoms with Crippen LogP contribution in [0, 0.1) is 5.92 Å². The summed E-state index contributed by atoms with van der Waals surface area (Å²) >= 11 is 1.40. The summed E-state index contributed by atoms with van der Waals surface area (Å²) < 4.78 is 11.1. The summed E-state index contributed by atoms with van der Waals surface area (Å²) in [6.45, 7) is 6.12. The number of fused-ring (bicyclic) bond motifs is 1. The van der Waals surface area contributed by atoms with E-state index < -0.39 is 12.1 Å². The van der Waals surface area contributed by atoms with Crippen LogP contribution in [-0.2, 0) is 15.3 Å². The van der Waals surface area contributed by atoms with Gasteiger partial charge in [-0.3, -0.25) is 4.79 Å². The maximum atomic E-state index is 12.6. The zero-order valence-corrected chi connectivity index (χ0v) is 17.5. The molecule has 1 amide bonds. The Labute approximate surface area is 174 Å². The maximum Gasteiger partial charge on any atom is 0.339 e. The van der Waals surface area contributed by atoms with Gasteiger partial charge in [0.2, 0.25) is 0 Å². The largest absolute Gasteiger partial charge is 0.449 e. The van der Waals surface area contributed by atoms with Gasteiger partial charge in [-0.1, -0.05) is 55.9 Å². The molecular formula is C22H24N2O4S. The molecule has 0 spiro atoms. The van der Waals surface area contributed by atoms with Crippen molar-refractivity contribution in [1.29, 1.82) is 0 Å². The number of carbonyl (C=O) groups excluding carboxylic acids is 2. The van der Waals surface area contributed by atoms with Gasteiger partial charge in [-0.15, -0.1) is 0 Å². The highest BCUT2D eigenvalue weighted by Gasteiger charge is 2.21. The van der Waals surface area contributed by atoms with Crippen LogP contribution >= 0.6 is 11.8 Å². The molecule has 6 nitrogen and oxygen atoms in total. The van der Waals surface area contributed by atoms with Gasteiger partial charge in [-0.2, -0.15) is 0 Å². The van der Waals surface area contributed by atoms with Crippen molar-refractivity contribution < 1.29 is 18.7 Å². The van der Waals surface area contributed by atoms with Crippen LogP contribution in [0.5, 0.6) is 0 Å². The molecule has 7 heteroatoms. The molecule has 0 aliphatic heterocycles. The molecule has 0 aliphatic carbocycles. The van der Waals surface area contributed by atoms with Crippen LogP contribution in [0.15, 0.2) is 58.2 Å². The topological polar surface area (TPSA) is 81.4 Å². The zero-order chi connectivity index (χ0) is 20.8. The fourth-order valence-electron chi connectivity index (χ4n) is 2.62. The summed E-state index contributed by atoms with van der Waals surface area (Å²) in [6.07, 6.45) is -0.862. The van der Waals surface area contributed by atoms with Gasteiger partial charge in [0.15, 0.2) is 11.7 Å². The van der Waals surface area contributed by atoms with Gasteiger partial charge in [-0.25, -0.2) is 9.78 Å². The Balaban J connectivity index is 1.64. The number of aromatic nitrogens is 1. The van der Waals surface area contributed by atoms with Crippen molar-refractivity contribution in [3.8, 4) is 0 Å². The molecule has 0 fully saturated rings. The molecule has 0 aliphatic rings. The minimum atomic E-state index is -0.862. The second-order valence-electron chi connectivity index (χ2n) is 7.08. The second-order valence-corrected chi connectivity index (χ2v) is 8.01. The number of thioether (sulfide) groups is 1. The van der Waals surface area contributed by atoms with Crippen LogP contribution in [0.2, 0.25) is 0 Å². The summed E-state index contributed by atoms with van der Waals surface area (Å²) in [4.78, 5) is 29.1. The summed E-state index contributed by atoms with van der Waals surface area (Å²) in [5, 5.41) is 3.31. The third-order valence-electron chi connectivity index (χ3n) is 4.20. The first kappa shape index (κ1) is 20.9. The molecule has 0 bridgehead atoms. The monoisotopic (exact) mass is 412 g/mol. The van der Waals surface area contributed by atoms with Crippen molar-refractivity contribution >= 4 is 34.7 Å². The molecule has 3 rings (SSSR count). The molecular weight excluding hydrogens is 388 g/mol. The van der Waals surface area contributed by atoms with Gasteiger partial charge in [0.25, 0.3) is 11.1 Å². The second kappa shape index (κ2) is 9.60. The van der Waals surface area contributed by atoms with Crippen LogP contribution in [-0.4, -0.2) is 29.5 Å². The van der Waals surface area contributed by atoms with Crippen molar-refractivity contribution in [2.45, 2.75) is 37.9 Å². The van der Waals surface area contributed by atoms with Crippen molar-refractivity contribution in [2.24, 2.45) is 5.92 Å². The Hall–Kier alpha value is -2.80. The number of nitrogens with zero attached hydrogens (tertiary/aromatic N) is 1. The quantitative estimate of drug-likeness (QED) is 0.435. The van der Waals surface area contributed by atoms with Crippen LogP contribution < -0.4 is 5.32 Å². The number of hydrogen-bond acceptors (Lipinski definition) is 6. The third-order valence-corrected chi connectivity index (χ3v) is 5.08. The first-order valence-corrected chi connectivity index (χ1v) is 10.5. The molecule has 1 N–H and O–H groups in total. The number of carbonyl (C=O) groups is 2. The number of hydrogen-bond donors (Lipinski definition) is 1. The molecule has 2 aromatic carbocycles. The van der Waals surface area contributed by atoms with Crippen LogP contribution in [0.25, 0.3) is 11.1 Å². The highest BCUT2D eigenvalue weighted by Crippen LogP contribution is 2.27. The van der Waals surface area contributed by atoms with Crippen LogP contribution in [0.4, 0.5) is 0 Å². The lowest BCUT2D eigenvalue weighted by atomic mass is 10.1.